The summed E-state index contributed by atoms with van der Waals surface area (Å²) < 4.78 is 17.3. The highest BCUT2D eigenvalue weighted by Gasteiger charge is 2.36. The number of benzene rings is 1. The molecule has 4 amide bonds. The molecule has 2 heterocycles. The number of amides is 4. The molecule has 1 fully saturated rings. The topological polar surface area (TPSA) is 170 Å². The number of alkyl carbamates (subject to hydrolysis) is 1. The fraction of sp³-hybridized carbons (Fsp3) is 0.533. The number of hydrogen-bond donors (Lipinski definition) is 3. The monoisotopic (exact) mass is 614 g/mol. The van der Waals surface area contributed by atoms with Crippen molar-refractivity contribution < 1.29 is 38.2 Å². The van der Waals surface area contributed by atoms with Crippen LogP contribution in [0.15, 0.2) is 42.9 Å². The summed E-state index contributed by atoms with van der Waals surface area (Å²) in [5, 5.41) is 7.81. The predicted molar refractivity (Wildman–Crippen MR) is 159 cm³/mol. The number of imidazole rings is 1. The number of nitrogens with zero attached hydrogens (tertiary/aromatic N) is 3. The Hall–Kier alpha value is -4.46. The second-order valence-corrected chi connectivity index (χ2v) is 12.0. The van der Waals surface area contributed by atoms with Gasteiger partial charge in [0.1, 0.15) is 29.8 Å². The highest BCUT2D eigenvalue weighted by Crippen LogP contribution is 2.19. The number of anilines is 1. The van der Waals surface area contributed by atoms with E-state index in [2.05, 4.69) is 20.9 Å². The fourth-order valence-corrected chi connectivity index (χ4v) is 4.42. The molecule has 2 unspecified atom stereocenters. The molecule has 0 spiro atoms. The molecule has 1 saturated heterocycles. The van der Waals surface area contributed by atoms with Crippen LogP contribution in [0.2, 0.25) is 0 Å². The summed E-state index contributed by atoms with van der Waals surface area (Å²) in [6.45, 7) is 8.43. The highest BCUT2D eigenvalue weighted by molar-refractivity contribution is 5.98. The van der Waals surface area contributed by atoms with E-state index in [1.165, 1.54) is 42.9 Å². The Morgan fingerprint density at radius 3 is 2.43 bits per heavy atom. The smallest absolute Gasteiger partial charge is 0.408 e. The van der Waals surface area contributed by atoms with Crippen LogP contribution in [0.1, 0.15) is 53.0 Å². The van der Waals surface area contributed by atoms with Crippen molar-refractivity contribution in [3.05, 3.63) is 48.4 Å². The normalized spacial score (nSPS) is 15.7. The molecule has 240 valence electrons. The third-order valence-corrected chi connectivity index (χ3v) is 6.65. The molecule has 14 heteroatoms. The second kappa shape index (κ2) is 14.8. The van der Waals surface area contributed by atoms with Crippen LogP contribution in [0.3, 0.4) is 0 Å². The van der Waals surface area contributed by atoms with E-state index < -0.39 is 47.1 Å². The van der Waals surface area contributed by atoms with Crippen molar-refractivity contribution >= 4 is 35.6 Å². The van der Waals surface area contributed by atoms with E-state index >= 15 is 0 Å². The first-order valence-corrected chi connectivity index (χ1v) is 14.3. The molecule has 2 aromatic rings. The van der Waals surface area contributed by atoms with Gasteiger partial charge in [-0.3, -0.25) is 14.4 Å². The number of likely N-dealkylation sites (tertiary alicyclic amines) is 1. The second-order valence-electron chi connectivity index (χ2n) is 12.0. The molecular weight excluding hydrogens is 572 g/mol. The van der Waals surface area contributed by atoms with Gasteiger partial charge in [0, 0.05) is 12.7 Å². The van der Waals surface area contributed by atoms with Gasteiger partial charge in [-0.25, -0.2) is 14.6 Å². The first kappa shape index (κ1) is 34.0. The largest absolute Gasteiger partial charge is 0.467 e. The van der Waals surface area contributed by atoms with E-state index in [0.29, 0.717) is 19.4 Å². The lowest BCUT2D eigenvalue weighted by molar-refractivity contribution is -0.151. The first-order valence-electron chi connectivity index (χ1n) is 14.3. The van der Waals surface area contributed by atoms with Crippen molar-refractivity contribution in [2.24, 2.45) is 0 Å². The zero-order chi connectivity index (χ0) is 32.5. The number of carbonyl (C=O) groups excluding carboxylic acids is 5. The predicted octanol–water partition coefficient (Wildman–Crippen LogP) is 1.99. The summed E-state index contributed by atoms with van der Waals surface area (Å²) >= 11 is 0. The number of aromatic nitrogens is 2. The molecule has 1 aromatic carbocycles. The van der Waals surface area contributed by atoms with E-state index in [1.807, 2.05) is 30.3 Å². The molecule has 44 heavy (non-hydrogen) atoms. The lowest BCUT2D eigenvalue weighted by Crippen LogP contribution is -2.59. The van der Waals surface area contributed by atoms with Gasteiger partial charge < -0.3 is 39.6 Å². The number of methoxy groups -OCH3 is 1. The maximum atomic E-state index is 13.3. The molecule has 0 aliphatic carbocycles. The third kappa shape index (κ3) is 10.1. The van der Waals surface area contributed by atoms with Crippen molar-refractivity contribution in [3.8, 4) is 0 Å². The van der Waals surface area contributed by atoms with Gasteiger partial charge in [0.25, 0.3) is 5.91 Å². The number of carbonyl (C=O) groups is 5. The van der Waals surface area contributed by atoms with Gasteiger partial charge in [-0.2, -0.15) is 0 Å². The van der Waals surface area contributed by atoms with E-state index in [9.17, 15) is 24.0 Å². The van der Waals surface area contributed by atoms with Gasteiger partial charge in [0.15, 0.2) is 5.82 Å². The molecule has 0 bridgehead atoms. The van der Waals surface area contributed by atoms with Gasteiger partial charge in [-0.15, -0.1) is 0 Å². The van der Waals surface area contributed by atoms with Crippen molar-refractivity contribution in [1.29, 1.82) is 0 Å². The van der Waals surface area contributed by atoms with Crippen LogP contribution in [-0.4, -0.2) is 87.7 Å². The van der Waals surface area contributed by atoms with Crippen LogP contribution >= 0.6 is 0 Å². The van der Waals surface area contributed by atoms with E-state index in [0.717, 1.165) is 5.56 Å². The molecule has 1 aliphatic rings. The summed E-state index contributed by atoms with van der Waals surface area (Å²) in [6.07, 6.45) is 3.29. The molecule has 0 saturated carbocycles. The summed E-state index contributed by atoms with van der Waals surface area (Å²) in [5.41, 5.74) is -1.32. The van der Waals surface area contributed by atoms with Crippen LogP contribution in [-0.2, 0) is 46.5 Å². The standard InChI is InChI=1S/C30H42N6O8/c1-29(2,3)44-28(41)34-30(4,5)27(40)32-21(18-43-17-20-11-8-7-9-12-20)25(38)33-23-15-35(19-31-23)16-24(37)36-14-10-13-22(36)26(39)42-6/h7-9,11-12,15,19,21-22H,10,13-14,16-18H2,1-6H3,(H,32,40)(H,33,38)(H,34,41). The molecular formula is C30H42N6O8. The highest BCUT2D eigenvalue weighted by atomic mass is 16.6. The Labute approximate surface area is 256 Å². The van der Waals surface area contributed by atoms with E-state index in [4.69, 9.17) is 14.2 Å². The van der Waals surface area contributed by atoms with Gasteiger partial charge >= 0.3 is 12.1 Å². The minimum Gasteiger partial charge on any atom is -0.467 e. The Balaban J connectivity index is 1.66. The number of ether oxygens (including phenoxy) is 3. The number of nitrogens with one attached hydrogen (secondary N) is 3. The summed E-state index contributed by atoms with van der Waals surface area (Å²) in [6, 6.07) is 7.53. The minimum atomic E-state index is -1.43. The summed E-state index contributed by atoms with van der Waals surface area (Å²) in [4.78, 5) is 69.4. The molecule has 3 N–H and O–H groups in total. The van der Waals surface area contributed by atoms with Crippen molar-refractivity contribution in [1.82, 2.24) is 25.1 Å². The average Bonchev–Trinajstić information content (AvgIpc) is 3.61. The van der Waals surface area contributed by atoms with Crippen LogP contribution in [0, 0.1) is 0 Å². The lowest BCUT2D eigenvalue weighted by Gasteiger charge is -2.29. The average molecular weight is 615 g/mol. The maximum absolute atomic E-state index is 13.3. The van der Waals surface area contributed by atoms with Gasteiger partial charge in [0.2, 0.25) is 11.8 Å². The first-order chi connectivity index (χ1) is 20.7. The number of esters is 1. The van der Waals surface area contributed by atoms with Crippen molar-refractivity contribution in [2.45, 2.75) is 83.8 Å². The molecule has 1 aliphatic heterocycles. The summed E-state index contributed by atoms with van der Waals surface area (Å²) in [7, 11) is 1.29. The quantitative estimate of drug-likeness (QED) is 0.303. The minimum absolute atomic E-state index is 0.0960. The van der Waals surface area contributed by atoms with Crippen LogP contribution < -0.4 is 16.0 Å². The van der Waals surface area contributed by atoms with Gasteiger partial charge in [-0.1, -0.05) is 30.3 Å². The summed E-state index contributed by atoms with van der Waals surface area (Å²) in [5.74, 6) is -1.87. The zero-order valence-corrected chi connectivity index (χ0v) is 26.0. The molecule has 1 aromatic heterocycles. The Morgan fingerprint density at radius 1 is 1.07 bits per heavy atom. The Bertz CT molecular complexity index is 1320. The lowest BCUT2D eigenvalue weighted by atomic mass is 10.0. The van der Waals surface area contributed by atoms with Crippen LogP contribution in [0.5, 0.6) is 0 Å². The Morgan fingerprint density at radius 2 is 1.77 bits per heavy atom. The van der Waals surface area contributed by atoms with Crippen molar-refractivity contribution in [2.75, 3.05) is 25.6 Å². The molecule has 3 rings (SSSR count). The van der Waals surface area contributed by atoms with Crippen molar-refractivity contribution in [3.63, 3.8) is 0 Å². The van der Waals surface area contributed by atoms with Gasteiger partial charge in [-0.05, 0) is 53.0 Å². The fourth-order valence-electron chi connectivity index (χ4n) is 4.42. The third-order valence-electron chi connectivity index (χ3n) is 6.65. The SMILES string of the molecule is COC(=O)C1CCCN1C(=O)Cn1cnc(NC(=O)C(COCc2ccccc2)NC(=O)C(C)(C)NC(=O)OC(C)(C)C)c1. The van der Waals surface area contributed by atoms with E-state index in [1.54, 1.807) is 20.8 Å². The van der Waals surface area contributed by atoms with Gasteiger partial charge in [0.05, 0.1) is 26.7 Å². The van der Waals surface area contributed by atoms with Crippen LogP contribution in [0.25, 0.3) is 0 Å². The molecule has 0 radical (unpaired) electrons. The number of rotatable bonds is 12. The number of hydrogen-bond acceptors (Lipinski definition) is 9. The zero-order valence-electron chi connectivity index (χ0n) is 26.0. The Kier molecular flexibility index (Phi) is 11.5. The maximum Gasteiger partial charge on any atom is 0.408 e. The van der Waals surface area contributed by atoms with Crippen LogP contribution in [0.4, 0.5) is 10.6 Å². The molecule has 14 nitrogen and oxygen atoms in total. The van der Waals surface area contributed by atoms with E-state index in [-0.39, 0.29) is 31.5 Å². The molecule has 2 atom stereocenters.